The maximum absolute atomic E-state index is 12.4. The molecular formula is C18H20N2O5S2. The summed E-state index contributed by atoms with van der Waals surface area (Å²) in [6.45, 7) is 0. The van der Waals surface area contributed by atoms with Crippen molar-refractivity contribution >= 4 is 38.0 Å². The largest absolute Gasteiger partial charge is 0.497 e. The Kier molecular flexibility index (Phi) is 5.52. The average molecular weight is 409 g/mol. The molecule has 0 saturated carbocycles. The van der Waals surface area contributed by atoms with Crippen molar-refractivity contribution in [1.82, 2.24) is 0 Å². The van der Waals surface area contributed by atoms with Crippen LogP contribution in [-0.4, -0.2) is 33.1 Å². The van der Waals surface area contributed by atoms with E-state index in [1.807, 2.05) is 0 Å². The van der Waals surface area contributed by atoms with Crippen LogP contribution in [0.25, 0.3) is 0 Å². The molecule has 1 heterocycles. The van der Waals surface area contributed by atoms with Crippen LogP contribution in [0.15, 0.2) is 29.2 Å². The molecule has 1 aromatic carbocycles. The second-order valence-electron chi connectivity index (χ2n) is 6.22. The monoisotopic (exact) mass is 408 g/mol. The lowest BCUT2D eigenvalue weighted by Gasteiger charge is -2.07. The van der Waals surface area contributed by atoms with Gasteiger partial charge >= 0.3 is 0 Å². The predicted molar refractivity (Wildman–Crippen MR) is 103 cm³/mol. The second kappa shape index (κ2) is 7.69. The minimum atomic E-state index is -3.60. The fourth-order valence-electron chi connectivity index (χ4n) is 3.07. The lowest BCUT2D eigenvalue weighted by molar-refractivity contribution is -0.115. The second-order valence-corrected chi connectivity index (χ2v) is 9.43. The van der Waals surface area contributed by atoms with Gasteiger partial charge in [0.2, 0.25) is 5.91 Å². The number of amides is 2. The third-order valence-corrected chi connectivity index (χ3v) is 7.38. The summed E-state index contributed by atoms with van der Waals surface area (Å²) in [5.41, 5.74) is 6.73. The molecule has 144 valence electrons. The first kappa shape index (κ1) is 19.4. The SMILES string of the molecule is COc1ccc(S(=O)(=O)CCC(=O)Nc2sc3c(c2C(N)=O)CCC3)cc1. The highest BCUT2D eigenvalue weighted by Crippen LogP contribution is 2.38. The summed E-state index contributed by atoms with van der Waals surface area (Å²) in [5, 5.41) is 3.07. The van der Waals surface area contributed by atoms with Crippen LogP contribution in [0, 0.1) is 0 Å². The molecule has 27 heavy (non-hydrogen) atoms. The summed E-state index contributed by atoms with van der Waals surface area (Å²) >= 11 is 1.34. The van der Waals surface area contributed by atoms with Gasteiger partial charge < -0.3 is 15.8 Å². The summed E-state index contributed by atoms with van der Waals surface area (Å²) in [5.74, 6) is -0.816. The van der Waals surface area contributed by atoms with Crippen molar-refractivity contribution in [3.05, 3.63) is 40.3 Å². The normalized spacial score (nSPS) is 13.2. The minimum absolute atomic E-state index is 0.129. The van der Waals surface area contributed by atoms with Gasteiger partial charge in [-0.3, -0.25) is 9.59 Å². The molecule has 9 heteroatoms. The van der Waals surface area contributed by atoms with Gasteiger partial charge in [0, 0.05) is 11.3 Å². The Hall–Kier alpha value is -2.39. The first-order chi connectivity index (χ1) is 12.8. The Morgan fingerprint density at radius 1 is 1.22 bits per heavy atom. The third kappa shape index (κ3) is 4.14. The number of aryl methyl sites for hydroxylation is 1. The summed E-state index contributed by atoms with van der Waals surface area (Å²) in [6, 6.07) is 6.00. The summed E-state index contributed by atoms with van der Waals surface area (Å²) in [4.78, 5) is 25.2. The summed E-state index contributed by atoms with van der Waals surface area (Å²) < 4.78 is 29.8. The van der Waals surface area contributed by atoms with Crippen LogP contribution in [0.5, 0.6) is 5.75 Å². The zero-order valence-corrected chi connectivity index (χ0v) is 16.4. The van der Waals surface area contributed by atoms with E-state index >= 15 is 0 Å². The molecule has 0 fully saturated rings. The highest BCUT2D eigenvalue weighted by atomic mass is 32.2. The molecule has 1 aliphatic carbocycles. The van der Waals surface area contributed by atoms with E-state index in [-0.39, 0.29) is 17.1 Å². The number of carbonyl (C=O) groups is 2. The maximum Gasteiger partial charge on any atom is 0.251 e. The number of anilines is 1. The van der Waals surface area contributed by atoms with Crippen LogP contribution in [0.4, 0.5) is 5.00 Å². The highest BCUT2D eigenvalue weighted by molar-refractivity contribution is 7.91. The van der Waals surface area contributed by atoms with Gasteiger partial charge in [0.1, 0.15) is 10.8 Å². The molecule has 0 unspecified atom stereocenters. The zero-order valence-electron chi connectivity index (χ0n) is 14.8. The van der Waals surface area contributed by atoms with Crippen LogP contribution in [0.2, 0.25) is 0 Å². The van der Waals surface area contributed by atoms with E-state index in [1.54, 1.807) is 12.1 Å². The van der Waals surface area contributed by atoms with Gasteiger partial charge in [-0.1, -0.05) is 0 Å². The van der Waals surface area contributed by atoms with Crippen molar-refractivity contribution in [3.63, 3.8) is 0 Å². The van der Waals surface area contributed by atoms with Gasteiger partial charge in [0.25, 0.3) is 5.91 Å². The molecule has 1 aliphatic rings. The quantitative estimate of drug-likeness (QED) is 0.728. The average Bonchev–Trinajstić information content (AvgIpc) is 3.20. The van der Waals surface area contributed by atoms with Crippen molar-refractivity contribution < 1.29 is 22.7 Å². The number of benzene rings is 1. The molecule has 0 atom stereocenters. The number of carbonyl (C=O) groups excluding carboxylic acids is 2. The van der Waals surface area contributed by atoms with Gasteiger partial charge in [0.05, 0.1) is 23.3 Å². The van der Waals surface area contributed by atoms with E-state index < -0.39 is 21.7 Å². The Morgan fingerprint density at radius 2 is 1.93 bits per heavy atom. The minimum Gasteiger partial charge on any atom is -0.497 e. The van der Waals surface area contributed by atoms with Crippen molar-refractivity contribution in [3.8, 4) is 5.75 Å². The van der Waals surface area contributed by atoms with Crippen molar-refractivity contribution in [2.45, 2.75) is 30.6 Å². The smallest absolute Gasteiger partial charge is 0.251 e. The molecule has 2 aromatic rings. The number of thiophene rings is 1. The maximum atomic E-state index is 12.4. The molecule has 7 nitrogen and oxygen atoms in total. The summed E-state index contributed by atoms with van der Waals surface area (Å²) in [7, 11) is -2.11. The number of methoxy groups -OCH3 is 1. The van der Waals surface area contributed by atoms with E-state index in [2.05, 4.69) is 5.32 Å². The number of fused-ring (bicyclic) bond motifs is 1. The lowest BCUT2D eigenvalue weighted by Crippen LogP contribution is -2.20. The van der Waals surface area contributed by atoms with Crippen molar-refractivity contribution in [1.29, 1.82) is 0 Å². The summed E-state index contributed by atoms with van der Waals surface area (Å²) in [6.07, 6.45) is 2.39. The van der Waals surface area contributed by atoms with Crippen LogP contribution >= 0.6 is 11.3 Å². The number of hydrogen-bond donors (Lipinski definition) is 2. The van der Waals surface area contributed by atoms with Gasteiger partial charge in [-0.25, -0.2) is 8.42 Å². The van der Waals surface area contributed by atoms with Crippen LogP contribution in [0.3, 0.4) is 0 Å². The standard InChI is InChI=1S/C18H20N2O5S2/c1-25-11-5-7-12(8-6-11)27(23,24)10-9-15(21)20-18-16(17(19)22)13-3-2-4-14(13)26-18/h5-8H,2-4,9-10H2,1H3,(H2,19,22)(H,20,21). The number of primary amides is 1. The first-order valence-corrected chi connectivity index (χ1v) is 10.9. The highest BCUT2D eigenvalue weighted by Gasteiger charge is 2.26. The Morgan fingerprint density at radius 3 is 2.56 bits per heavy atom. The molecule has 3 N–H and O–H groups in total. The first-order valence-electron chi connectivity index (χ1n) is 8.43. The van der Waals surface area contributed by atoms with Crippen molar-refractivity contribution in [2.24, 2.45) is 5.73 Å². The van der Waals surface area contributed by atoms with E-state index in [0.29, 0.717) is 16.3 Å². The van der Waals surface area contributed by atoms with Crippen LogP contribution < -0.4 is 15.8 Å². The Labute approximate surface area is 161 Å². The van der Waals surface area contributed by atoms with Gasteiger partial charge in [-0.15, -0.1) is 11.3 Å². The molecule has 1 aromatic heterocycles. The van der Waals surface area contributed by atoms with E-state index in [9.17, 15) is 18.0 Å². The molecule has 0 bridgehead atoms. The molecule has 3 rings (SSSR count). The number of nitrogens with one attached hydrogen (secondary N) is 1. The topological polar surface area (TPSA) is 116 Å². The number of sulfone groups is 1. The number of ether oxygens (including phenoxy) is 1. The fraction of sp³-hybridized carbons (Fsp3) is 0.333. The van der Waals surface area contributed by atoms with Gasteiger partial charge in [-0.05, 0) is 49.1 Å². The molecular weight excluding hydrogens is 388 g/mol. The molecule has 0 saturated heterocycles. The molecule has 0 aliphatic heterocycles. The van der Waals surface area contributed by atoms with Gasteiger partial charge in [-0.2, -0.15) is 0 Å². The molecule has 0 radical (unpaired) electrons. The fourth-order valence-corrected chi connectivity index (χ4v) is 5.62. The number of rotatable bonds is 7. The Bertz CT molecular complexity index is 978. The molecule has 2 amide bonds. The van der Waals surface area contributed by atoms with E-state index in [4.69, 9.17) is 10.5 Å². The zero-order chi connectivity index (χ0) is 19.6. The van der Waals surface area contributed by atoms with Gasteiger partial charge in [0.15, 0.2) is 9.84 Å². The van der Waals surface area contributed by atoms with Crippen LogP contribution in [-0.2, 0) is 27.5 Å². The Balaban J connectivity index is 1.67. The van der Waals surface area contributed by atoms with Crippen LogP contribution in [0.1, 0.15) is 33.6 Å². The lowest BCUT2D eigenvalue weighted by atomic mass is 10.1. The van der Waals surface area contributed by atoms with E-state index in [1.165, 1.54) is 30.6 Å². The third-order valence-electron chi connectivity index (χ3n) is 4.44. The van der Waals surface area contributed by atoms with E-state index in [0.717, 1.165) is 29.7 Å². The molecule has 0 spiro atoms. The van der Waals surface area contributed by atoms with Crippen molar-refractivity contribution in [2.75, 3.05) is 18.2 Å². The predicted octanol–water partition coefficient (Wildman–Crippen LogP) is 2.15. The number of nitrogens with two attached hydrogens (primary N) is 1. The number of hydrogen-bond acceptors (Lipinski definition) is 6.